The van der Waals surface area contributed by atoms with Crippen LogP contribution in [-0.4, -0.2) is 26.0 Å². The van der Waals surface area contributed by atoms with Gasteiger partial charge < -0.3 is 10.6 Å². The number of carbonyl (C=O) groups excluding carboxylic acids is 2. The number of anilines is 2. The Labute approximate surface area is 177 Å². The summed E-state index contributed by atoms with van der Waals surface area (Å²) >= 11 is 1.07. The lowest BCUT2D eigenvalue weighted by Gasteiger charge is -2.07. The quantitative estimate of drug-likeness (QED) is 0.583. The van der Waals surface area contributed by atoms with Gasteiger partial charge in [0.25, 0.3) is 11.8 Å². The number of sulfone groups is 1. The Bertz CT molecular complexity index is 1220. The molecule has 0 fully saturated rings. The third-order valence-electron chi connectivity index (χ3n) is 4.28. The molecule has 2 amide bonds. The van der Waals surface area contributed by atoms with E-state index in [1.807, 2.05) is 0 Å². The topological polar surface area (TPSA) is 92.3 Å². The Balaban J connectivity index is 1.76. The number of halogens is 1. The summed E-state index contributed by atoms with van der Waals surface area (Å²) in [4.78, 5) is 25.4. The molecular formula is C21H19FN2O4S2. The van der Waals surface area contributed by atoms with E-state index < -0.39 is 27.5 Å². The lowest BCUT2D eigenvalue weighted by atomic mass is 10.2. The fraction of sp³-hybridized carbons (Fsp3) is 0.143. The molecule has 3 rings (SSSR count). The van der Waals surface area contributed by atoms with Gasteiger partial charge in [-0.05, 0) is 55.0 Å². The van der Waals surface area contributed by atoms with E-state index in [9.17, 15) is 22.4 Å². The number of aryl methyl sites for hydroxylation is 1. The van der Waals surface area contributed by atoms with Gasteiger partial charge in [-0.1, -0.05) is 19.1 Å². The minimum absolute atomic E-state index is 0.0389. The zero-order chi connectivity index (χ0) is 21.9. The van der Waals surface area contributed by atoms with Gasteiger partial charge in [0.1, 0.15) is 5.82 Å². The average Bonchev–Trinajstić information content (AvgIpc) is 3.08. The smallest absolute Gasteiger partial charge is 0.266 e. The van der Waals surface area contributed by atoms with E-state index in [-0.39, 0.29) is 16.2 Å². The number of amides is 2. The predicted molar refractivity (Wildman–Crippen MR) is 116 cm³/mol. The van der Waals surface area contributed by atoms with Crippen molar-refractivity contribution in [3.8, 4) is 0 Å². The van der Waals surface area contributed by atoms with Crippen molar-refractivity contribution in [1.82, 2.24) is 0 Å². The number of rotatable bonds is 6. The molecule has 0 aliphatic carbocycles. The van der Waals surface area contributed by atoms with Crippen molar-refractivity contribution in [2.45, 2.75) is 18.7 Å². The first kappa shape index (κ1) is 21.7. The summed E-state index contributed by atoms with van der Waals surface area (Å²) in [6.07, 6.45) is 0. The number of hydrogen-bond donors (Lipinski definition) is 2. The van der Waals surface area contributed by atoms with Gasteiger partial charge in [0, 0.05) is 11.3 Å². The summed E-state index contributed by atoms with van der Waals surface area (Å²) in [7, 11) is -3.39. The highest BCUT2D eigenvalue weighted by Crippen LogP contribution is 2.28. The molecule has 0 radical (unpaired) electrons. The standard InChI is InChI=1S/C21H19FN2O4S2/c1-3-30(27,28)17-9-5-8-16(12-17)23-21(26)19-13(2)10-18(29-19)24-20(25)14-6-4-7-15(22)11-14/h4-12H,3H2,1-2H3,(H,23,26)(H,24,25). The third kappa shape index (κ3) is 4.92. The second-order valence-corrected chi connectivity index (χ2v) is 9.80. The summed E-state index contributed by atoms with van der Waals surface area (Å²) in [5.74, 6) is -1.46. The van der Waals surface area contributed by atoms with Gasteiger partial charge in [0.2, 0.25) is 0 Å². The van der Waals surface area contributed by atoms with Gasteiger partial charge in [-0.2, -0.15) is 0 Å². The van der Waals surface area contributed by atoms with Crippen molar-refractivity contribution >= 4 is 43.7 Å². The van der Waals surface area contributed by atoms with E-state index in [0.29, 0.717) is 21.1 Å². The van der Waals surface area contributed by atoms with Crippen molar-refractivity contribution in [2.75, 3.05) is 16.4 Å². The van der Waals surface area contributed by atoms with Crippen LogP contribution in [0.15, 0.2) is 59.5 Å². The molecule has 156 valence electrons. The van der Waals surface area contributed by atoms with Crippen LogP contribution in [0.3, 0.4) is 0 Å². The zero-order valence-corrected chi connectivity index (χ0v) is 17.9. The SMILES string of the molecule is CCS(=O)(=O)c1cccc(NC(=O)c2sc(NC(=O)c3cccc(F)c3)cc2C)c1. The fourth-order valence-electron chi connectivity index (χ4n) is 2.70. The Hall–Kier alpha value is -3.04. The van der Waals surface area contributed by atoms with Crippen molar-refractivity contribution in [2.24, 2.45) is 0 Å². The first-order chi connectivity index (χ1) is 14.2. The fourth-order valence-corrected chi connectivity index (χ4v) is 4.59. The predicted octanol–water partition coefficient (Wildman–Crippen LogP) is 4.49. The van der Waals surface area contributed by atoms with E-state index in [0.717, 1.165) is 17.4 Å². The van der Waals surface area contributed by atoms with Gasteiger partial charge in [-0.25, -0.2) is 12.8 Å². The summed E-state index contributed by atoms with van der Waals surface area (Å²) in [5.41, 5.74) is 1.16. The van der Waals surface area contributed by atoms with Gasteiger partial charge in [-0.3, -0.25) is 9.59 Å². The van der Waals surface area contributed by atoms with Crippen LogP contribution in [0, 0.1) is 12.7 Å². The van der Waals surface area contributed by atoms with Crippen LogP contribution in [0.5, 0.6) is 0 Å². The normalized spacial score (nSPS) is 11.2. The highest BCUT2D eigenvalue weighted by atomic mass is 32.2. The van der Waals surface area contributed by atoms with Crippen LogP contribution in [0.1, 0.15) is 32.5 Å². The minimum Gasteiger partial charge on any atom is -0.321 e. The summed E-state index contributed by atoms with van der Waals surface area (Å²) < 4.78 is 37.4. The van der Waals surface area contributed by atoms with Crippen molar-refractivity contribution in [3.63, 3.8) is 0 Å². The van der Waals surface area contributed by atoms with E-state index in [1.165, 1.54) is 30.3 Å². The minimum atomic E-state index is -3.39. The molecule has 0 aliphatic rings. The van der Waals surface area contributed by atoms with Crippen LogP contribution in [0.25, 0.3) is 0 Å². The van der Waals surface area contributed by atoms with Crippen molar-refractivity contribution < 1.29 is 22.4 Å². The number of carbonyl (C=O) groups is 2. The van der Waals surface area contributed by atoms with Crippen molar-refractivity contribution in [3.05, 3.63) is 76.4 Å². The first-order valence-electron chi connectivity index (χ1n) is 9.01. The van der Waals surface area contributed by atoms with Crippen LogP contribution in [-0.2, 0) is 9.84 Å². The first-order valence-corrected chi connectivity index (χ1v) is 11.5. The van der Waals surface area contributed by atoms with Gasteiger partial charge >= 0.3 is 0 Å². The number of benzene rings is 2. The molecule has 1 heterocycles. The maximum atomic E-state index is 13.3. The molecule has 6 nitrogen and oxygen atoms in total. The Morgan fingerprint density at radius 2 is 1.73 bits per heavy atom. The van der Waals surface area contributed by atoms with Gasteiger partial charge in [-0.15, -0.1) is 11.3 Å². The molecule has 0 saturated carbocycles. The molecule has 2 N–H and O–H groups in total. The highest BCUT2D eigenvalue weighted by Gasteiger charge is 2.17. The van der Waals surface area contributed by atoms with E-state index >= 15 is 0 Å². The van der Waals surface area contributed by atoms with E-state index in [2.05, 4.69) is 10.6 Å². The number of thiophene rings is 1. The van der Waals surface area contributed by atoms with E-state index in [1.54, 1.807) is 32.0 Å². The summed E-state index contributed by atoms with van der Waals surface area (Å²) in [6, 6.07) is 13.0. The largest absolute Gasteiger partial charge is 0.321 e. The summed E-state index contributed by atoms with van der Waals surface area (Å²) in [5, 5.41) is 5.78. The molecular weight excluding hydrogens is 427 g/mol. The van der Waals surface area contributed by atoms with Crippen LogP contribution in [0.2, 0.25) is 0 Å². The maximum Gasteiger partial charge on any atom is 0.266 e. The Morgan fingerprint density at radius 3 is 2.43 bits per heavy atom. The molecule has 0 aliphatic heterocycles. The Kier molecular flexibility index (Phi) is 6.33. The molecule has 9 heteroatoms. The van der Waals surface area contributed by atoms with Crippen LogP contribution >= 0.6 is 11.3 Å². The molecule has 0 saturated heterocycles. The molecule has 30 heavy (non-hydrogen) atoms. The molecule has 3 aromatic rings. The second-order valence-electron chi connectivity index (χ2n) is 6.47. The maximum absolute atomic E-state index is 13.3. The molecule has 0 unspecified atom stereocenters. The molecule has 0 atom stereocenters. The zero-order valence-electron chi connectivity index (χ0n) is 16.2. The van der Waals surface area contributed by atoms with Crippen LogP contribution in [0.4, 0.5) is 15.1 Å². The molecule has 0 bridgehead atoms. The van der Waals surface area contributed by atoms with Crippen LogP contribution < -0.4 is 10.6 Å². The molecule has 1 aromatic heterocycles. The number of nitrogens with one attached hydrogen (secondary N) is 2. The third-order valence-corrected chi connectivity index (χ3v) is 7.16. The lowest BCUT2D eigenvalue weighted by molar-refractivity contribution is 0.101. The van der Waals surface area contributed by atoms with Crippen molar-refractivity contribution in [1.29, 1.82) is 0 Å². The van der Waals surface area contributed by atoms with E-state index in [4.69, 9.17) is 0 Å². The average molecular weight is 447 g/mol. The lowest BCUT2D eigenvalue weighted by Crippen LogP contribution is -2.12. The van der Waals surface area contributed by atoms with Gasteiger partial charge in [0.15, 0.2) is 9.84 Å². The van der Waals surface area contributed by atoms with Gasteiger partial charge in [0.05, 0.1) is 20.5 Å². The highest BCUT2D eigenvalue weighted by molar-refractivity contribution is 7.91. The second kappa shape index (κ2) is 8.76. The molecule has 2 aromatic carbocycles. The number of hydrogen-bond acceptors (Lipinski definition) is 5. The Morgan fingerprint density at radius 1 is 1.00 bits per heavy atom. The summed E-state index contributed by atoms with van der Waals surface area (Å²) in [6.45, 7) is 3.27. The monoisotopic (exact) mass is 446 g/mol. The molecule has 0 spiro atoms.